The maximum absolute atomic E-state index is 2.43. The predicted octanol–water partition coefficient (Wildman–Crippen LogP) is 1.98. The van der Waals surface area contributed by atoms with E-state index in [4.69, 9.17) is 0 Å². The zero-order chi connectivity index (χ0) is 7.78. The Hall–Kier alpha value is -0.0400. The minimum atomic E-state index is 0.592. The summed E-state index contributed by atoms with van der Waals surface area (Å²) in [4.78, 5) is 2.43. The molecule has 1 atom stereocenters. The Balaban J connectivity index is 2.54. The van der Waals surface area contributed by atoms with Crippen molar-refractivity contribution < 1.29 is 0 Å². The van der Waals surface area contributed by atoms with E-state index < -0.39 is 0 Å². The van der Waals surface area contributed by atoms with Crippen LogP contribution in [0.3, 0.4) is 0 Å². The quantitative estimate of drug-likeness (QED) is 0.540. The Morgan fingerprint density at radius 2 is 2.00 bits per heavy atom. The van der Waals surface area contributed by atoms with Gasteiger partial charge in [-0.3, -0.25) is 0 Å². The van der Waals surface area contributed by atoms with Crippen molar-refractivity contribution in [2.45, 2.75) is 27.2 Å². The van der Waals surface area contributed by atoms with Gasteiger partial charge in [0.25, 0.3) is 0 Å². The van der Waals surface area contributed by atoms with Crippen molar-refractivity contribution in [1.82, 2.24) is 4.90 Å². The zero-order valence-electron chi connectivity index (χ0n) is 7.65. The van der Waals surface area contributed by atoms with Crippen molar-refractivity contribution in [3.8, 4) is 0 Å². The Kier molecular flexibility index (Phi) is 2.04. The van der Waals surface area contributed by atoms with Crippen LogP contribution in [0.1, 0.15) is 27.2 Å². The Bertz CT molecular complexity index is 120. The van der Waals surface area contributed by atoms with E-state index >= 15 is 0 Å². The van der Waals surface area contributed by atoms with Gasteiger partial charge in [-0.15, -0.1) is 0 Å². The molecule has 1 aliphatic heterocycles. The van der Waals surface area contributed by atoms with E-state index in [1.165, 1.54) is 19.5 Å². The highest BCUT2D eigenvalue weighted by Crippen LogP contribution is 2.36. The summed E-state index contributed by atoms with van der Waals surface area (Å²) in [5.74, 6) is 0.831. The number of nitrogens with zero attached hydrogens (tertiary/aromatic N) is 1. The topological polar surface area (TPSA) is 3.24 Å². The third-order valence-corrected chi connectivity index (χ3v) is 3.09. The molecule has 1 heterocycles. The molecule has 0 aromatic rings. The summed E-state index contributed by atoms with van der Waals surface area (Å²) < 4.78 is 0. The van der Waals surface area contributed by atoms with Crippen molar-refractivity contribution in [3.63, 3.8) is 0 Å². The summed E-state index contributed by atoms with van der Waals surface area (Å²) in [6.07, 6.45) is 1.38. The van der Waals surface area contributed by atoms with Gasteiger partial charge in [0, 0.05) is 6.54 Å². The lowest BCUT2D eigenvalue weighted by Gasteiger charge is -2.28. The highest BCUT2D eigenvalue weighted by molar-refractivity contribution is 4.86. The molecular formula is C9H19N. The van der Waals surface area contributed by atoms with Crippen molar-refractivity contribution in [3.05, 3.63) is 0 Å². The maximum atomic E-state index is 2.43. The Labute approximate surface area is 64.4 Å². The molecule has 1 aliphatic rings. The first-order chi connectivity index (χ1) is 4.54. The minimum absolute atomic E-state index is 0.592. The first kappa shape index (κ1) is 8.06. The second-order valence-corrected chi connectivity index (χ2v) is 4.30. The minimum Gasteiger partial charge on any atom is -0.306 e. The van der Waals surface area contributed by atoms with Crippen LogP contribution >= 0.6 is 0 Å². The van der Waals surface area contributed by atoms with E-state index in [9.17, 15) is 0 Å². The number of hydrogen-bond donors (Lipinski definition) is 0. The van der Waals surface area contributed by atoms with E-state index in [0.29, 0.717) is 5.41 Å². The molecule has 0 aromatic carbocycles. The van der Waals surface area contributed by atoms with Crippen LogP contribution in [0.4, 0.5) is 0 Å². The second kappa shape index (κ2) is 2.54. The summed E-state index contributed by atoms with van der Waals surface area (Å²) >= 11 is 0. The van der Waals surface area contributed by atoms with Gasteiger partial charge in [0.1, 0.15) is 0 Å². The molecule has 0 N–H and O–H groups in total. The normalized spacial score (nSPS) is 35.7. The van der Waals surface area contributed by atoms with Gasteiger partial charge >= 0.3 is 0 Å². The highest BCUT2D eigenvalue weighted by atomic mass is 15.1. The van der Waals surface area contributed by atoms with E-state index in [2.05, 4.69) is 32.7 Å². The fourth-order valence-corrected chi connectivity index (χ4v) is 1.69. The second-order valence-electron chi connectivity index (χ2n) is 4.30. The fourth-order valence-electron chi connectivity index (χ4n) is 1.69. The third kappa shape index (κ3) is 1.34. The van der Waals surface area contributed by atoms with Crippen LogP contribution in [0.2, 0.25) is 0 Å². The smallest absolute Gasteiger partial charge is 0.00352 e. The molecule has 1 heteroatoms. The predicted molar refractivity (Wildman–Crippen MR) is 45.1 cm³/mol. The summed E-state index contributed by atoms with van der Waals surface area (Å²) in [5.41, 5.74) is 0.592. The molecule has 0 aromatic heterocycles. The molecule has 0 spiro atoms. The van der Waals surface area contributed by atoms with Gasteiger partial charge in [-0.2, -0.15) is 0 Å². The van der Waals surface area contributed by atoms with Gasteiger partial charge in [-0.1, -0.05) is 20.8 Å². The molecule has 0 unspecified atom stereocenters. The van der Waals surface area contributed by atoms with Crippen molar-refractivity contribution in [2.24, 2.45) is 11.3 Å². The van der Waals surface area contributed by atoms with Gasteiger partial charge in [0.15, 0.2) is 0 Å². The van der Waals surface area contributed by atoms with Crippen molar-refractivity contribution >= 4 is 0 Å². The summed E-state index contributed by atoms with van der Waals surface area (Å²) in [5, 5.41) is 0. The van der Waals surface area contributed by atoms with Crippen LogP contribution in [-0.4, -0.2) is 25.0 Å². The summed E-state index contributed by atoms with van der Waals surface area (Å²) in [7, 11) is 2.22. The average molecular weight is 141 g/mol. The Morgan fingerprint density at radius 1 is 1.40 bits per heavy atom. The van der Waals surface area contributed by atoms with Crippen molar-refractivity contribution in [1.29, 1.82) is 0 Å². The third-order valence-electron chi connectivity index (χ3n) is 3.09. The number of rotatable bonds is 1. The van der Waals surface area contributed by atoms with Crippen LogP contribution in [0.25, 0.3) is 0 Å². The fraction of sp³-hybridized carbons (Fsp3) is 1.00. The summed E-state index contributed by atoms with van der Waals surface area (Å²) in [6.45, 7) is 9.64. The van der Waals surface area contributed by atoms with Crippen molar-refractivity contribution in [2.75, 3.05) is 20.1 Å². The van der Waals surface area contributed by atoms with Gasteiger partial charge < -0.3 is 4.90 Å². The van der Waals surface area contributed by atoms with Gasteiger partial charge in [0.2, 0.25) is 0 Å². The molecular weight excluding hydrogens is 122 g/mol. The van der Waals surface area contributed by atoms with E-state index in [1.54, 1.807) is 0 Å². The Morgan fingerprint density at radius 3 is 2.20 bits per heavy atom. The lowest BCUT2D eigenvalue weighted by Crippen LogP contribution is -2.26. The monoisotopic (exact) mass is 141 g/mol. The molecule has 1 rings (SSSR count). The number of hydrogen-bond acceptors (Lipinski definition) is 1. The van der Waals surface area contributed by atoms with Crippen LogP contribution in [0.5, 0.6) is 0 Å². The molecule has 10 heavy (non-hydrogen) atoms. The van der Waals surface area contributed by atoms with Gasteiger partial charge in [0.05, 0.1) is 0 Å². The van der Waals surface area contributed by atoms with Crippen LogP contribution in [-0.2, 0) is 0 Å². The molecule has 0 saturated carbocycles. The molecule has 1 saturated heterocycles. The molecule has 1 fully saturated rings. The lowest BCUT2D eigenvalue weighted by atomic mass is 9.79. The largest absolute Gasteiger partial charge is 0.306 e. The van der Waals surface area contributed by atoms with E-state index in [-0.39, 0.29) is 0 Å². The first-order valence-electron chi connectivity index (χ1n) is 4.23. The SMILES string of the molecule is CC(C)[C@]1(C)CCN(C)C1. The molecule has 60 valence electrons. The average Bonchev–Trinajstić information content (AvgIpc) is 2.13. The maximum Gasteiger partial charge on any atom is 0.00352 e. The van der Waals surface area contributed by atoms with E-state index in [1.807, 2.05) is 0 Å². The van der Waals surface area contributed by atoms with Gasteiger partial charge in [-0.05, 0) is 31.3 Å². The first-order valence-corrected chi connectivity index (χ1v) is 4.23. The number of likely N-dealkylation sites (tertiary alicyclic amines) is 1. The molecule has 0 bridgehead atoms. The molecule has 0 amide bonds. The van der Waals surface area contributed by atoms with E-state index in [0.717, 1.165) is 5.92 Å². The molecule has 1 nitrogen and oxygen atoms in total. The molecule has 0 radical (unpaired) electrons. The lowest BCUT2D eigenvalue weighted by molar-refractivity contribution is 0.223. The van der Waals surface area contributed by atoms with Crippen LogP contribution in [0, 0.1) is 11.3 Å². The molecule has 0 aliphatic carbocycles. The van der Waals surface area contributed by atoms with Crippen LogP contribution in [0.15, 0.2) is 0 Å². The zero-order valence-corrected chi connectivity index (χ0v) is 7.65. The summed E-state index contributed by atoms with van der Waals surface area (Å²) in [6, 6.07) is 0. The van der Waals surface area contributed by atoms with Gasteiger partial charge in [-0.25, -0.2) is 0 Å². The highest BCUT2D eigenvalue weighted by Gasteiger charge is 2.34. The van der Waals surface area contributed by atoms with Crippen LogP contribution < -0.4 is 0 Å². The standard InChI is InChI=1S/C9H19N/c1-8(2)9(3)5-6-10(4)7-9/h8H,5-7H2,1-4H3/t9-/m1/s1.